The van der Waals surface area contributed by atoms with E-state index in [1.165, 1.54) is 0 Å². The van der Waals surface area contributed by atoms with Gasteiger partial charge in [0.15, 0.2) is 0 Å². The summed E-state index contributed by atoms with van der Waals surface area (Å²) >= 11 is 0. The lowest BCUT2D eigenvalue weighted by molar-refractivity contribution is -0.130. The summed E-state index contributed by atoms with van der Waals surface area (Å²) in [5, 5.41) is 6.30. The van der Waals surface area contributed by atoms with E-state index in [1.54, 1.807) is 12.0 Å². The lowest BCUT2D eigenvalue weighted by atomic mass is 9.78. The topological polar surface area (TPSA) is 70.7 Å². The van der Waals surface area contributed by atoms with E-state index in [9.17, 15) is 9.59 Å². The van der Waals surface area contributed by atoms with Gasteiger partial charge in [-0.25, -0.2) is 0 Å². The Labute approximate surface area is 154 Å². The SMILES string of the molecule is COCC1(C(=O)Nc2ccc(N3CCCC3=O)cc2)CCNCC1.Cl. The Hall–Kier alpha value is -1.63. The number of amides is 2. The molecule has 0 unspecified atom stereocenters. The third-order valence-electron chi connectivity index (χ3n) is 4.97. The molecule has 0 spiro atoms. The van der Waals surface area contributed by atoms with Crippen LogP contribution in [0.25, 0.3) is 0 Å². The van der Waals surface area contributed by atoms with Crippen LogP contribution in [0, 0.1) is 5.41 Å². The third kappa shape index (κ3) is 4.32. The molecule has 2 aliphatic heterocycles. The first-order valence-corrected chi connectivity index (χ1v) is 8.56. The highest BCUT2D eigenvalue weighted by molar-refractivity contribution is 5.97. The van der Waals surface area contributed by atoms with Crippen LogP contribution in [0.2, 0.25) is 0 Å². The van der Waals surface area contributed by atoms with Crippen LogP contribution in [0.1, 0.15) is 25.7 Å². The second-order valence-electron chi connectivity index (χ2n) is 6.61. The van der Waals surface area contributed by atoms with Gasteiger partial charge in [0.25, 0.3) is 0 Å². The number of ether oxygens (including phenoxy) is 1. The Balaban J connectivity index is 0.00000225. The average molecular weight is 368 g/mol. The summed E-state index contributed by atoms with van der Waals surface area (Å²) in [4.78, 5) is 26.4. The van der Waals surface area contributed by atoms with Crippen molar-refractivity contribution in [2.75, 3.05) is 43.6 Å². The minimum Gasteiger partial charge on any atom is -0.384 e. The van der Waals surface area contributed by atoms with Crippen molar-refractivity contribution in [2.45, 2.75) is 25.7 Å². The van der Waals surface area contributed by atoms with Gasteiger partial charge < -0.3 is 20.3 Å². The molecule has 2 amide bonds. The zero-order valence-electron chi connectivity index (χ0n) is 14.5. The van der Waals surface area contributed by atoms with Gasteiger partial charge in [-0.05, 0) is 56.6 Å². The third-order valence-corrected chi connectivity index (χ3v) is 4.97. The molecule has 25 heavy (non-hydrogen) atoms. The summed E-state index contributed by atoms with van der Waals surface area (Å²) in [5.41, 5.74) is 1.18. The number of benzene rings is 1. The fourth-order valence-corrected chi connectivity index (χ4v) is 3.53. The number of nitrogens with zero attached hydrogens (tertiary/aromatic N) is 1. The van der Waals surface area contributed by atoms with Crippen LogP contribution < -0.4 is 15.5 Å². The number of halogens is 1. The van der Waals surface area contributed by atoms with Crippen LogP contribution in [0.5, 0.6) is 0 Å². The zero-order chi connectivity index (χ0) is 17.0. The molecule has 3 rings (SSSR count). The fraction of sp³-hybridized carbons (Fsp3) is 0.556. The molecule has 0 radical (unpaired) electrons. The van der Waals surface area contributed by atoms with Gasteiger partial charge in [0.1, 0.15) is 0 Å². The Kier molecular flexibility index (Phi) is 6.81. The van der Waals surface area contributed by atoms with Gasteiger partial charge in [0, 0.05) is 31.5 Å². The second-order valence-corrected chi connectivity index (χ2v) is 6.61. The maximum atomic E-state index is 12.8. The lowest BCUT2D eigenvalue weighted by Crippen LogP contribution is -2.47. The number of hydrogen-bond donors (Lipinski definition) is 2. The van der Waals surface area contributed by atoms with Gasteiger partial charge in [-0.15, -0.1) is 12.4 Å². The molecule has 0 atom stereocenters. The highest BCUT2D eigenvalue weighted by Crippen LogP contribution is 2.31. The van der Waals surface area contributed by atoms with Gasteiger partial charge in [0.05, 0.1) is 12.0 Å². The molecule has 0 bridgehead atoms. The van der Waals surface area contributed by atoms with Crippen LogP contribution >= 0.6 is 12.4 Å². The quantitative estimate of drug-likeness (QED) is 0.837. The van der Waals surface area contributed by atoms with E-state index in [0.29, 0.717) is 13.0 Å². The number of carbonyl (C=O) groups is 2. The van der Waals surface area contributed by atoms with E-state index in [4.69, 9.17) is 4.74 Å². The van der Waals surface area contributed by atoms with Crippen molar-refractivity contribution in [2.24, 2.45) is 5.41 Å². The van der Waals surface area contributed by atoms with Gasteiger partial charge in [-0.3, -0.25) is 9.59 Å². The van der Waals surface area contributed by atoms with E-state index in [-0.39, 0.29) is 24.2 Å². The smallest absolute Gasteiger partial charge is 0.233 e. The highest BCUT2D eigenvalue weighted by atomic mass is 35.5. The summed E-state index contributed by atoms with van der Waals surface area (Å²) in [6.45, 7) is 2.86. The number of rotatable bonds is 5. The average Bonchev–Trinajstić information content (AvgIpc) is 3.03. The summed E-state index contributed by atoms with van der Waals surface area (Å²) in [6.07, 6.45) is 3.07. The van der Waals surface area contributed by atoms with E-state index < -0.39 is 5.41 Å². The Morgan fingerprint density at radius 1 is 1.28 bits per heavy atom. The number of methoxy groups -OCH3 is 1. The van der Waals surface area contributed by atoms with Crippen LogP contribution in [0.4, 0.5) is 11.4 Å². The van der Waals surface area contributed by atoms with Gasteiger partial charge in [-0.1, -0.05) is 0 Å². The summed E-state index contributed by atoms with van der Waals surface area (Å²) in [6, 6.07) is 7.51. The number of nitrogens with one attached hydrogen (secondary N) is 2. The first-order valence-electron chi connectivity index (χ1n) is 8.56. The number of carbonyl (C=O) groups excluding carboxylic acids is 2. The summed E-state index contributed by atoms with van der Waals surface area (Å²) < 4.78 is 5.31. The molecular weight excluding hydrogens is 342 g/mol. The largest absolute Gasteiger partial charge is 0.384 e. The van der Waals surface area contributed by atoms with Crippen molar-refractivity contribution in [3.05, 3.63) is 24.3 Å². The van der Waals surface area contributed by atoms with E-state index >= 15 is 0 Å². The molecule has 138 valence electrons. The predicted octanol–water partition coefficient (Wildman–Crippen LogP) is 2.19. The molecule has 2 saturated heterocycles. The fourth-order valence-electron chi connectivity index (χ4n) is 3.53. The molecular formula is C18H26ClN3O3. The molecule has 0 aromatic heterocycles. The highest BCUT2D eigenvalue weighted by Gasteiger charge is 2.39. The maximum absolute atomic E-state index is 12.8. The number of piperidine rings is 1. The molecule has 1 aromatic carbocycles. The Morgan fingerprint density at radius 2 is 1.96 bits per heavy atom. The van der Waals surface area contributed by atoms with Crippen LogP contribution in [-0.2, 0) is 14.3 Å². The van der Waals surface area contributed by atoms with Crippen LogP contribution in [0.15, 0.2) is 24.3 Å². The van der Waals surface area contributed by atoms with Crippen molar-refractivity contribution in [1.29, 1.82) is 0 Å². The van der Waals surface area contributed by atoms with Crippen molar-refractivity contribution >= 4 is 35.6 Å². The van der Waals surface area contributed by atoms with E-state index in [1.807, 2.05) is 24.3 Å². The van der Waals surface area contributed by atoms with Crippen molar-refractivity contribution < 1.29 is 14.3 Å². The molecule has 7 heteroatoms. The van der Waals surface area contributed by atoms with Crippen molar-refractivity contribution in [3.8, 4) is 0 Å². The van der Waals surface area contributed by atoms with Gasteiger partial charge in [-0.2, -0.15) is 0 Å². The maximum Gasteiger partial charge on any atom is 0.233 e. The molecule has 0 aliphatic carbocycles. The first-order chi connectivity index (χ1) is 11.6. The molecule has 2 N–H and O–H groups in total. The van der Waals surface area contributed by atoms with Crippen LogP contribution in [0.3, 0.4) is 0 Å². The standard InChI is InChI=1S/C18H25N3O3.ClH/c1-24-13-18(8-10-19-11-9-18)17(23)20-14-4-6-15(7-5-14)21-12-2-3-16(21)22;/h4-7,19H,2-3,8-13H2,1H3,(H,20,23);1H. The van der Waals surface area contributed by atoms with Gasteiger partial charge >= 0.3 is 0 Å². The minimum absolute atomic E-state index is 0. The van der Waals surface area contributed by atoms with Crippen LogP contribution in [-0.4, -0.2) is 45.2 Å². The summed E-state index contributed by atoms with van der Waals surface area (Å²) in [7, 11) is 1.64. The van der Waals surface area contributed by atoms with Crippen molar-refractivity contribution in [3.63, 3.8) is 0 Å². The Bertz CT molecular complexity index is 595. The molecule has 1 aromatic rings. The minimum atomic E-state index is -0.469. The van der Waals surface area contributed by atoms with Crippen molar-refractivity contribution in [1.82, 2.24) is 5.32 Å². The predicted molar refractivity (Wildman–Crippen MR) is 100 cm³/mol. The normalized spacial score (nSPS) is 19.4. The molecule has 6 nitrogen and oxygen atoms in total. The number of hydrogen-bond acceptors (Lipinski definition) is 4. The number of anilines is 2. The van der Waals surface area contributed by atoms with E-state index in [2.05, 4.69) is 10.6 Å². The van der Waals surface area contributed by atoms with E-state index in [0.717, 1.165) is 50.3 Å². The first kappa shape index (κ1) is 19.7. The summed E-state index contributed by atoms with van der Waals surface area (Å²) in [5.74, 6) is 0.177. The molecule has 0 saturated carbocycles. The lowest BCUT2D eigenvalue weighted by Gasteiger charge is -2.35. The zero-order valence-corrected chi connectivity index (χ0v) is 15.4. The molecule has 2 heterocycles. The van der Waals surface area contributed by atoms with Gasteiger partial charge in [0.2, 0.25) is 11.8 Å². The monoisotopic (exact) mass is 367 g/mol. The molecule has 2 fully saturated rings. The Morgan fingerprint density at radius 3 is 2.52 bits per heavy atom. The second kappa shape index (κ2) is 8.65. The molecule has 2 aliphatic rings.